The standard InChI is InChI=1S/C14H20N2O/c1-11-5-2-3-8-16(11)14(17)10-12-6-4-7-13(15)9-12/h4,6-7,9,11H,2-3,5,8,10,15H2,1H3/t11-/m1/s1. The Hall–Kier alpha value is -1.51. The van der Waals surface area contributed by atoms with Crippen LogP contribution in [-0.4, -0.2) is 23.4 Å². The Morgan fingerprint density at radius 1 is 1.47 bits per heavy atom. The molecule has 1 saturated heterocycles. The maximum atomic E-state index is 12.2. The third kappa shape index (κ3) is 2.99. The van der Waals surface area contributed by atoms with Gasteiger partial charge in [0.15, 0.2) is 0 Å². The van der Waals surface area contributed by atoms with Gasteiger partial charge >= 0.3 is 0 Å². The lowest BCUT2D eigenvalue weighted by molar-refractivity contribution is -0.133. The summed E-state index contributed by atoms with van der Waals surface area (Å²) in [5.41, 5.74) is 7.45. The molecule has 0 bridgehead atoms. The molecule has 0 aromatic heterocycles. The highest BCUT2D eigenvalue weighted by Crippen LogP contribution is 2.18. The van der Waals surface area contributed by atoms with Crippen LogP contribution < -0.4 is 5.73 Å². The molecule has 0 radical (unpaired) electrons. The van der Waals surface area contributed by atoms with E-state index in [0.29, 0.717) is 12.5 Å². The maximum absolute atomic E-state index is 12.2. The summed E-state index contributed by atoms with van der Waals surface area (Å²) >= 11 is 0. The lowest BCUT2D eigenvalue weighted by Gasteiger charge is -2.33. The van der Waals surface area contributed by atoms with Crippen molar-refractivity contribution in [1.82, 2.24) is 4.90 Å². The summed E-state index contributed by atoms with van der Waals surface area (Å²) in [6, 6.07) is 7.97. The van der Waals surface area contributed by atoms with Gasteiger partial charge in [-0.25, -0.2) is 0 Å². The van der Waals surface area contributed by atoms with Gasteiger partial charge in [-0.1, -0.05) is 12.1 Å². The molecule has 1 aromatic rings. The molecule has 17 heavy (non-hydrogen) atoms. The number of hydrogen-bond acceptors (Lipinski definition) is 2. The topological polar surface area (TPSA) is 46.3 Å². The van der Waals surface area contributed by atoms with Gasteiger partial charge in [0.1, 0.15) is 0 Å². The Balaban J connectivity index is 2.01. The fourth-order valence-corrected chi connectivity index (χ4v) is 2.45. The third-order valence-corrected chi connectivity index (χ3v) is 3.43. The summed E-state index contributed by atoms with van der Waals surface area (Å²) < 4.78 is 0. The highest BCUT2D eigenvalue weighted by atomic mass is 16.2. The van der Waals surface area contributed by atoms with Crippen molar-refractivity contribution in [3.63, 3.8) is 0 Å². The first-order valence-corrected chi connectivity index (χ1v) is 6.30. The second-order valence-corrected chi connectivity index (χ2v) is 4.85. The Labute approximate surface area is 103 Å². The van der Waals surface area contributed by atoms with Crippen molar-refractivity contribution in [2.45, 2.75) is 38.6 Å². The van der Waals surface area contributed by atoms with Crippen LogP contribution in [0, 0.1) is 0 Å². The Morgan fingerprint density at radius 3 is 3.00 bits per heavy atom. The van der Waals surface area contributed by atoms with Gasteiger partial charge in [-0.05, 0) is 43.9 Å². The Bertz CT molecular complexity index is 403. The average molecular weight is 232 g/mol. The van der Waals surface area contributed by atoms with Gasteiger partial charge in [-0.15, -0.1) is 0 Å². The van der Waals surface area contributed by atoms with Gasteiger partial charge in [-0.2, -0.15) is 0 Å². The number of benzene rings is 1. The maximum Gasteiger partial charge on any atom is 0.227 e. The highest BCUT2D eigenvalue weighted by Gasteiger charge is 2.22. The zero-order valence-electron chi connectivity index (χ0n) is 10.4. The first-order valence-electron chi connectivity index (χ1n) is 6.30. The Kier molecular flexibility index (Phi) is 3.67. The van der Waals surface area contributed by atoms with Gasteiger partial charge in [0, 0.05) is 18.3 Å². The van der Waals surface area contributed by atoms with E-state index in [2.05, 4.69) is 6.92 Å². The fraction of sp³-hybridized carbons (Fsp3) is 0.500. The van der Waals surface area contributed by atoms with E-state index in [1.54, 1.807) is 0 Å². The Morgan fingerprint density at radius 2 is 2.29 bits per heavy atom. The van der Waals surface area contributed by atoms with E-state index in [9.17, 15) is 4.79 Å². The average Bonchev–Trinajstić information content (AvgIpc) is 2.29. The van der Waals surface area contributed by atoms with Gasteiger partial charge in [-0.3, -0.25) is 4.79 Å². The van der Waals surface area contributed by atoms with Crippen molar-refractivity contribution in [1.29, 1.82) is 0 Å². The van der Waals surface area contributed by atoms with E-state index in [-0.39, 0.29) is 5.91 Å². The quantitative estimate of drug-likeness (QED) is 0.795. The number of nitrogen functional groups attached to an aromatic ring is 1. The fourth-order valence-electron chi connectivity index (χ4n) is 2.45. The minimum Gasteiger partial charge on any atom is -0.399 e. The molecular formula is C14H20N2O. The number of amides is 1. The number of anilines is 1. The number of hydrogen-bond donors (Lipinski definition) is 1. The van der Waals surface area contributed by atoms with Crippen LogP contribution >= 0.6 is 0 Å². The summed E-state index contributed by atoms with van der Waals surface area (Å²) in [6.45, 7) is 3.04. The minimum absolute atomic E-state index is 0.225. The molecule has 1 heterocycles. The molecule has 1 aromatic carbocycles. The van der Waals surface area contributed by atoms with Gasteiger partial charge in [0.25, 0.3) is 0 Å². The van der Waals surface area contributed by atoms with Gasteiger partial charge < -0.3 is 10.6 Å². The van der Waals surface area contributed by atoms with Crippen LogP contribution in [0.15, 0.2) is 24.3 Å². The zero-order valence-corrected chi connectivity index (χ0v) is 10.4. The van der Waals surface area contributed by atoms with Crippen molar-refractivity contribution in [2.75, 3.05) is 12.3 Å². The molecule has 1 aliphatic heterocycles. The molecule has 3 heteroatoms. The SMILES string of the molecule is C[C@@H]1CCCCN1C(=O)Cc1cccc(N)c1. The monoisotopic (exact) mass is 232 g/mol. The molecule has 1 amide bonds. The highest BCUT2D eigenvalue weighted by molar-refractivity contribution is 5.79. The van der Waals surface area contributed by atoms with Crippen LogP contribution in [-0.2, 0) is 11.2 Å². The van der Waals surface area contributed by atoms with Crippen molar-refractivity contribution in [3.05, 3.63) is 29.8 Å². The minimum atomic E-state index is 0.225. The van der Waals surface area contributed by atoms with Crippen molar-refractivity contribution >= 4 is 11.6 Å². The number of carbonyl (C=O) groups is 1. The summed E-state index contributed by atoms with van der Waals surface area (Å²) in [6.07, 6.45) is 3.97. The second kappa shape index (κ2) is 5.21. The molecule has 1 fully saturated rings. The van der Waals surface area contributed by atoms with E-state index in [0.717, 1.165) is 30.6 Å². The van der Waals surface area contributed by atoms with Crippen LogP contribution in [0.2, 0.25) is 0 Å². The molecule has 1 aliphatic rings. The number of nitrogens with zero attached hydrogens (tertiary/aromatic N) is 1. The summed E-state index contributed by atoms with van der Waals surface area (Å²) in [4.78, 5) is 14.2. The van der Waals surface area contributed by atoms with Crippen molar-refractivity contribution in [3.8, 4) is 0 Å². The first kappa shape index (κ1) is 12.0. The van der Waals surface area contributed by atoms with E-state index in [1.807, 2.05) is 29.2 Å². The molecule has 0 saturated carbocycles. The first-order chi connectivity index (χ1) is 8.16. The summed E-state index contributed by atoms with van der Waals surface area (Å²) in [5.74, 6) is 0.225. The lowest BCUT2D eigenvalue weighted by atomic mass is 10.0. The van der Waals surface area contributed by atoms with Crippen molar-refractivity contribution in [2.24, 2.45) is 0 Å². The predicted molar refractivity (Wildman–Crippen MR) is 69.6 cm³/mol. The van der Waals surface area contributed by atoms with E-state index < -0.39 is 0 Å². The number of likely N-dealkylation sites (tertiary alicyclic amines) is 1. The smallest absolute Gasteiger partial charge is 0.227 e. The molecule has 0 unspecified atom stereocenters. The van der Waals surface area contributed by atoms with Gasteiger partial charge in [0.2, 0.25) is 5.91 Å². The molecule has 2 rings (SSSR count). The zero-order chi connectivity index (χ0) is 12.3. The number of rotatable bonds is 2. The molecule has 92 valence electrons. The molecule has 0 spiro atoms. The van der Waals surface area contributed by atoms with Gasteiger partial charge in [0.05, 0.1) is 6.42 Å². The van der Waals surface area contributed by atoms with E-state index in [1.165, 1.54) is 6.42 Å². The number of carbonyl (C=O) groups excluding carboxylic acids is 1. The van der Waals surface area contributed by atoms with E-state index >= 15 is 0 Å². The normalized spacial score (nSPS) is 20.3. The molecule has 0 aliphatic carbocycles. The molecule has 3 nitrogen and oxygen atoms in total. The van der Waals surface area contributed by atoms with E-state index in [4.69, 9.17) is 5.73 Å². The van der Waals surface area contributed by atoms with Crippen LogP contribution in [0.4, 0.5) is 5.69 Å². The van der Waals surface area contributed by atoms with Crippen LogP contribution in [0.3, 0.4) is 0 Å². The lowest BCUT2D eigenvalue weighted by Crippen LogP contribution is -2.42. The molecule has 2 N–H and O–H groups in total. The second-order valence-electron chi connectivity index (χ2n) is 4.85. The van der Waals surface area contributed by atoms with Crippen LogP contribution in [0.25, 0.3) is 0 Å². The predicted octanol–water partition coefficient (Wildman–Crippen LogP) is 2.21. The van der Waals surface area contributed by atoms with Crippen LogP contribution in [0.5, 0.6) is 0 Å². The number of piperidine rings is 1. The van der Waals surface area contributed by atoms with Crippen molar-refractivity contribution < 1.29 is 4.79 Å². The molecular weight excluding hydrogens is 212 g/mol. The summed E-state index contributed by atoms with van der Waals surface area (Å²) in [5, 5.41) is 0. The third-order valence-electron chi connectivity index (χ3n) is 3.43. The largest absolute Gasteiger partial charge is 0.399 e. The molecule has 1 atom stereocenters. The summed E-state index contributed by atoms with van der Waals surface area (Å²) in [7, 11) is 0. The number of nitrogens with two attached hydrogens (primary N) is 1. The van der Waals surface area contributed by atoms with Crippen LogP contribution in [0.1, 0.15) is 31.7 Å².